The molecule has 0 bridgehead atoms. The zero-order chi connectivity index (χ0) is 16.4. The number of nitrogens with zero attached hydrogens (tertiary/aromatic N) is 2. The highest BCUT2D eigenvalue weighted by atomic mass is 79.9. The molecule has 1 aliphatic rings. The van der Waals surface area contributed by atoms with Crippen LogP contribution in [0.1, 0.15) is 16.7 Å². The molecule has 1 heterocycles. The van der Waals surface area contributed by atoms with Crippen molar-refractivity contribution in [3.05, 3.63) is 100 Å². The zero-order valence-electron chi connectivity index (χ0n) is 13.0. The standard InChI is InChI=1S/C21H15BrN2/c22-18-11-12-19-17(13-18)14-23-20(15-7-3-1-4-8-15)21(24-19)16-9-5-2-6-10-16/h1-13H,14H2. The summed E-state index contributed by atoms with van der Waals surface area (Å²) >= 11 is 3.54. The molecule has 0 N–H and O–H groups in total. The van der Waals surface area contributed by atoms with Crippen LogP contribution in [0.4, 0.5) is 5.69 Å². The van der Waals surface area contributed by atoms with Crippen molar-refractivity contribution in [2.45, 2.75) is 6.54 Å². The Balaban J connectivity index is 1.93. The molecular weight excluding hydrogens is 360 g/mol. The Labute approximate surface area is 149 Å². The molecule has 0 aliphatic carbocycles. The average molecular weight is 375 g/mol. The summed E-state index contributed by atoms with van der Waals surface area (Å²) in [5.41, 5.74) is 6.13. The SMILES string of the molecule is Brc1ccc2c(c1)CN=C(c1ccccc1)C(c1ccccc1)=N2. The van der Waals surface area contributed by atoms with E-state index in [1.54, 1.807) is 0 Å². The molecule has 0 atom stereocenters. The summed E-state index contributed by atoms with van der Waals surface area (Å²) in [6.45, 7) is 0.624. The van der Waals surface area contributed by atoms with Gasteiger partial charge in [0.1, 0.15) is 0 Å². The Morgan fingerprint density at radius 1 is 0.708 bits per heavy atom. The van der Waals surface area contributed by atoms with Gasteiger partial charge >= 0.3 is 0 Å². The van der Waals surface area contributed by atoms with E-state index in [0.29, 0.717) is 6.54 Å². The lowest BCUT2D eigenvalue weighted by Gasteiger charge is -2.09. The van der Waals surface area contributed by atoms with Gasteiger partial charge in [0.2, 0.25) is 0 Å². The molecular formula is C21H15BrN2. The van der Waals surface area contributed by atoms with Crippen LogP contribution in [0.25, 0.3) is 0 Å². The van der Waals surface area contributed by atoms with Gasteiger partial charge in [-0.25, -0.2) is 4.99 Å². The van der Waals surface area contributed by atoms with E-state index < -0.39 is 0 Å². The third-order valence-corrected chi connectivity index (χ3v) is 4.49. The van der Waals surface area contributed by atoms with Crippen LogP contribution in [-0.2, 0) is 6.54 Å². The lowest BCUT2D eigenvalue weighted by atomic mass is 9.99. The van der Waals surface area contributed by atoms with Crippen LogP contribution in [0.15, 0.2) is 93.3 Å². The molecule has 1 aliphatic heterocycles. The number of hydrogen-bond acceptors (Lipinski definition) is 2. The molecule has 0 saturated carbocycles. The number of benzene rings is 3. The molecule has 24 heavy (non-hydrogen) atoms. The molecule has 0 aromatic heterocycles. The fraction of sp³-hybridized carbons (Fsp3) is 0.0476. The first-order chi connectivity index (χ1) is 11.8. The first kappa shape index (κ1) is 15.0. The fourth-order valence-electron chi connectivity index (χ4n) is 2.82. The number of fused-ring (bicyclic) bond motifs is 1. The highest BCUT2D eigenvalue weighted by Crippen LogP contribution is 2.28. The minimum atomic E-state index is 0.624. The summed E-state index contributed by atoms with van der Waals surface area (Å²) < 4.78 is 1.05. The highest BCUT2D eigenvalue weighted by molar-refractivity contribution is 9.10. The Hall–Kier alpha value is -2.52. The smallest absolute Gasteiger partial charge is 0.0967 e. The average Bonchev–Trinajstić information content (AvgIpc) is 2.82. The molecule has 0 unspecified atom stereocenters. The van der Waals surface area contributed by atoms with Gasteiger partial charge in [-0.15, -0.1) is 0 Å². The Bertz CT molecular complexity index is 929. The highest BCUT2D eigenvalue weighted by Gasteiger charge is 2.18. The molecule has 2 nitrogen and oxygen atoms in total. The Morgan fingerprint density at radius 3 is 2.00 bits per heavy atom. The topological polar surface area (TPSA) is 24.7 Å². The van der Waals surface area contributed by atoms with E-state index in [1.165, 1.54) is 0 Å². The van der Waals surface area contributed by atoms with Crippen molar-refractivity contribution >= 4 is 33.0 Å². The summed E-state index contributed by atoms with van der Waals surface area (Å²) in [6.07, 6.45) is 0. The second-order valence-electron chi connectivity index (χ2n) is 5.63. The van der Waals surface area contributed by atoms with Gasteiger partial charge in [0.15, 0.2) is 0 Å². The molecule has 3 aromatic carbocycles. The predicted octanol–water partition coefficient (Wildman–Crippen LogP) is 5.57. The fourth-order valence-corrected chi connectivity index (χ4v) is 3.23. The van der Waals surface area contributed by atoms with E-state index in [-0.39, 0.29) is 0 Å². The van der Waals surface area contributed by atoms with Crippen molar-refractivity contribution in [3.63, 3.8) is 0 Å². The van der Waals surface area contributed by atoms with Gasteiger partial charge in [0, 0.05) is 21.2 Å². The molecule has 0 amide bonds. The maximum atomic E-state index is 4.97. The molecule has 0 spiro atoms. The van der Waals surface area contributed by atoms with Crippen LogP contribution < -0.4 is 0 Å². The van der Waals surface area contributed by atoms with Gasteiger partial charge in [-0.1, -0.05) is 76.6 Å². The second kappa shape index (κ2) is 6.54. The van der Waals surface area contributed by atoms with E-state index in [0.717, 1.165) is 38.3 Å². The summed E-state index contributed by atoms with van der Waals surface area (Å²) in [4.78, 5) is 9.87. The maximum absolute atomic E-state index is 4.97. The molecule has 116 valence electrons. The first-order valence-corrected chi connectivity index (χ1v) is 8.63. The van der Waals surface area contributed by atoms with Crippen molar-refractivity contribution in [3.8, 4) is 0 Å². The normalized spacial score (nSPS) is 13.5. The van der Waals surface area contributed by atoms with Gasteiger partial charge in [0.25, 0.3) is 0 Å². The first-order valence-electron chi connectivity index (χ1n) is 7.84. The third-order valence-electron chi connectivity index (χ3n) is 4.00. The monoisotopic (exact) mass is 374 g/mol. The zero-order valence-corrected chi connectivity index (χ0v) is 14.6. The van der Waals surface area contributed by atoms with Crippen LogP contribution >= 0.6 is 15.9 Å². The third kappa shape index (κ3) is 2.95. The lowest BCUT2D eigenvalue weighted by Crippen LogP contribution is -2.16. The van der Waals surface area contributed by atoms with Gasteiger partial charge in [-0.2, -0.15) is 0 Å². The summed E-state index contributed by atoms with van der Waals surface area (Å²) in [6, 6.07) is 26.7. The van der Waals surface area contributed by atoms with E-state index in [4.69, 9.17) is 9.98 Å². The van der Waals surface area contributed by atoms with Crippen LogP contribution in [0.5, 0.6) is 0 Å². The summed E-state index contributed by atoms with van der Waals surface area (Å²) in [5.74, 6) is 0. The van der Waals surface area contributed by atoms with Crippen molar-refractivity contribution in [1.29, 1.82) is 0 Å². The van der Waals surface area contributed by atoms with Gasteiger partial charge in [-0.05, 0) is 18.2 Å². The molecule has 3 heteroatoms. The molecule has 0 radical (unpaired) electrons. The van der Waals surface area contributed by atoms with Crippen LogP contribution in [0.3, 0.4) is 0 Å². The molecule has 4 rings (SSSR count). The quantitative estimate of drug-likeness (QED) is 0.559. The molecule has 0 fully saturated rings. The number of halogens is 1. The number of hydrogen-bond donors (Lipinski definition) is 0. The van der Waals surface area contributed by atoms with Gasteiger partial charge in [-0.3, -0.25) is 4.99 Å². The largest absolute Gasteiger partial charge is 0.278 e. The van der Waals surface area contributed by atoms with Crippen molar-refractivity contribution in [2.75, 3.05) is 0 Å². The predicted molar refractivity (Wildman–Crippen MR) is 103 cm³/mol. The van der Waals surface area contributed by atoms with Crippen molar-refractivity contribution in [1.82, 2.24) is 0 Å². The van der Waals surface area contributed by atoms with Crippen LogP contribution in [0.2, 0.25) is 0 Å². The van der Waals surface area contributed by atoms with E-state index in [2.05, 4.69) is 46.3 Å². The second-order valence-corrected chi connectivity index (χ2v) is 6.55. The van der Waals surface area contributed by atoms with Gasteiger partial charge < -0.3 is 0 Å². The lowest BCUT2D eigenvalue weighted by molar-refractivity contribution is 1.07. The van der Waals surface area contributed by atoms with E-state index >= 15 is 0 Å². The Kier molecular flexibility index (Phi) is 4.09. The van der Waals surface area contributed by atoms with Crippen LogP contribution in [0, 0.1) is 0 Å². The summed E-state index contributed by atoms with van der Waals surface area (Å²) in [5, 5.41) is 0. The molecule has 0 saturated heterocycles. The van der Waals surface area contributed by atoms with Crippen LogP contribution in [-0.4, -0.2) is 11.4 Å². The Morgan fingerprint density at radius 2 is 1.33 bits per heavy atom. The number of rotatable bonds is 2. The van der Waals surface area contributed by atoms with E-state index in [1.807, 2.05) is 48.5 Å². The minimum Gasteiger partial charge on any atom is -0.278 e. The number of aliphatic imine (C=N–C) groups is 2. The summed E-state index contributed by atoms with van der Waals surface area (Å²) in [7, 11) is 0. The van der Waals surface area contributed by atoms with Gasteiger partial charge in [0.05, 0.1) is 23.7 Å². The van der Waals surface area contributed by atoms with E-state index in [9.17, 15) is 0 Å². The maximum Gasteiger partial charge on any atom is 0.0967 e. The minimum absolute atomic E-state index is 0.624. The van der Waals surface area contributed by atoms with Crippen molar-refractivity contribution in [2.24, 2.45) is 9.98 Å². The molecule has 3 aromatic rings. The van der Waals surface area contributed by atoms with Crippen molar-refractivity contribution < 1.29 is 0 Å².